The molecule has 0 radical (unpaired) electrons. The van der Waals surface area contributed by atoms with Crippen LogP contribution in [0.15, 0.2) is 18.2 Å². The van der Waals surface area contributed by atoms with Crippen molar-refractivity contribution in [2.24, 2.45) is 0 Å². The predicted molar refractivity (Wildman–Crippen MR) is 80.6 cm³/mol. The molecule has 0 spiro atoms. The molecule has 0 bridgehead atoms. The lowest BCUT2D eigenvalue weighted by molar-refractivity contribution is -0.137. The first-order chi connectivity index (χ1) is 10.8. The lowest BCUT2D eigenvalue weighted by Crippen LogP contribution is -2.37. The van der Waals surface area contributed by atoms with Gasteiger partial charge in [-0.1, -0.05) is 11.6 Å². The van der Waals surface area contributed by atoms with Crippen LogP contribution in [-0.4, -0.2) is 37.6 Å². The van der Waals surface area contributed by atoms with E-state index < -0.39 is 18.6 Å². The van der Waals surface area contributed by atoms with Crippen LogP contribution in [0.4, 0.5) is 24.5 Å². The highest BCUT2D eigenvalue weighted by molar-refractivity contribution is 6.33. The molecule has 5 nitrogen and oxygen atoms in total. The summed E-state index contributed by atoms with van der Waals surface area (Å²) in [6.45, 7) is -1.14. The molecule has 9 heteroatoms. The van der Waals surface area contributed by atoms with Gasteiger partial charge < -0.3 is 15.5 Å². The van der Waals surface area contributed by atoms with Gasteiger partial charge in [-0.3, -0.25) is 9.59 Å². The third-order valence-corrected chi connectivity index (χ3v) is 3.59. The molecule has 1 aliphatic heterocycles. The number of alkyl halides is 3. The Hall–Kier alpha value is -1.96. The van der Waals surface area contributed by atoms with E-state index in [1.807, 2.05) is 0 Å². The molecule has 2 rings (SSSR count). The summed E-state index contributed by atoms with van der Waals surface area (Å²) in [6, 6.07) is 4.85. The first-order valence-corrected chi connectivity index (χ1v) is 7.31. The standard InChI is InChI=1S/C14H15ClF3N3O2/c15-10-4-3-9(21-5-1-2-13(21)23)6-11(10)19-7-12(22)20-8-14(16,17)18/h3-4,6,19H,1-2,5,7-8H2,(H,20,22). The van der Waals surface area contributed by atoms with Crippen LogP contribution in [-0.2, 0) is 9.59 Å². The van der Waals surface area contributed by atoms with Crippen molar-refractivity contribution in [3.05, 3.63) is 23.2 Å². The van der Waals surface area contributed by atoms with Crippen molar-refractivity contribution in [3.63, 3.8) is 0 Å². The summed E-state index contributed by atoms with van der Waals surface area (Å²) in [5.74, 6) is -0.803. The van der Waals surface area contributed by atoms with E-state index in [9.17, 15) is 22.8 Å². The number of amides is 2. The third-order valence-electron chi connectivity index (χ3n) is 3.26. The molecule has 2 amide bonds. The van der Waals surface area contributed by atoms with E-state index in [1.54, 1.807) is 28.4 Å². The van der Waals surface area contributed by atoms with E-state index in [4.69, 9.17) is 11.6 Å². The quantitative estimate of drug-likeness (QED) is 0.859. The molecule has 23 heavy (non-hydrogen) atoms. The molecule has 1 aromatic rings. The molecule has 2 N–H and O–H groups in total. The van der Waals surface area contributed by atoms with Crippen LogP contribution in [0.2, 0.25) is 5.02 Å². The summed E-state index contributed by atoms with van der Waals surface area (Å²) in [6.07, 6.45) is -3.21. The zero-order valence-electron chi connectivity index (χ0n) is 12.0. The van der Waals surface area contributed by atoms with E-state index in [0.29, 0.717) is 29.4 Å². The van der Waals surface area contributed by atoms with Crippen molar-refractivity contribution < 1.29 is 22.8 Å². The maximum Gasteiger partial charge on any atom is 0.405 e. The highest BCUT2D eigenvalue weighted by atomic mass is 35.5. The maximum absolute atomic E-state index is 12.0. The van der Waals surface area contributed by atoms with Gasteiger partial charge in [0.2, 0.25) is 11.8 Å². The smallest absolute Gasteiger partial charge is 0.375 e. The summed E-state index contributed by atoms with van der Waals surface area (Å²) in [5.41, 5.74) is 1.01. The summed E-state index contributed by atoms with van der Waals surface area (Å²) in [5, 5.41) is 4.74. The Morgan fingerprint density at radius 2 is 2.09 bits per heavy atom. The Morgan fingerprint density at radius 3 is 2.70 bits per heavy atom. The van der Waals surface area contributed by atoms with Gasteiger partial charge in [0.25, 0.3) is 0 Å². The minimum Gasteiger partial charge on any atom is -0.375 e. The SMILES string of the molecule is O=C(CNc1cc(N2CCCC2=O)ccc1Cl)NCC(F)(F)F. The zero-order chi connectivity index (χ0) is 17.0. The van der Waals surface area contributed by atoms with Gasteiger partial charge in [-0.25, -0.2) is 0 Å². The molecule has 0 unspecified atom stereocenters. The van der Waals surface area contributed by atoms with Gasteiger partial charge in [-0.2, -0.15) is 13.2 Å². The topological polar surface area (TPSA) is 61.4 Å². The number of hydrogen-bond acceptors (Lipinski definition) is 3. The number of carbonyl (C=O) groups excluding carboxylic acids is 2. The van der Waals surface area contributed by atoms with Gasteiger partial charge in [0, 0.05) is 18.7 Å². The zero-order valence-corrected chi connectivity index (χ0v) is 12.8. The second-order valence-electron chi connectivity index (χ2n) is 5.06. The Balaban J connectivity index is 1.97. The van der Waals surface area contributed by atoms with Gasteiger partial charge in [0.15, 0.2) is 0 Å². The van der Waals surface area contributed by atoms with E-state index in [0.717, 1.165) is 6.42 Å². The maximum atomic E-state index is 12.0. The van der Waals surface area contributed by atoms with E-state index in [-0.39, 0.29) is 12.5 Å². The predicted octanol–water partition coefficient (Wildman–Crippen LogP) is 2.56. The van der Waals surface area contributed by atoms with Crippen molar-refractivity contribution in [2.75, 3.05) is 29.9 Å². The minimum atomic E-state index is -4.46. The second kappa shape index (κ2) is 7.08. The monoisotopic (exact) mass is 349 g/mol. The fraction of sp³-hybridized carbons (Fsp3) is 0.429. The number of nitrogens with zero attached hydrogens (tertiary/aromatic N) is 1. The van der Waals surface area contributed by atoms with Gasteiger partial charge >= 0.3 is 6.18 Å². The van der Waals surface area contributed by atoms with Gasteiger partial charge in [0.1, 0.15) is 6.54 Å². The number of hydrogen-bond donors (Lipinski definition) is 2. The second-order valence-corrected chi connectivity index (χ2v) is 5.47. The molecule has 1 fully saturated rings. The molecule has 0 saturated carbocycles. The van der Waals surface area contributed by atoms with Crippen molar-refractivity contribution in [3.8, 4) is 0 Å². The molecular formula is C14H15ClF3N3O2. The van der Waals surface area contributed by atoms with Gasteiger partial charge in [-0.15, -0.1) is 0 Å². The Morgan fingerprint density at radius 1 is 1.35 bits per heavy atom. The van der Waals surface area contributed by atoms with Crippen LogP contribution in [0, 0.1) is 0 Å². The van der Waals surface area contributed by atoms with Crippen LogP contribution < -0.4 is 15.5 Å². The van der Waals surface area contributed by atoms with E-state index in [1.165, 1.54) is 0 Å². The van der Waals surface area contributed by atoms with Crippen LogP contribution >= 0.6 is 11.6 Å². The molecule has 1 heterocycles. The summed E-state index contributed by atoms with van der Waals surface area (Å²) < 4.78 is 36.0. The van der Waals surface area contributed by atoms with Crippen molar-refractivity contribution in [1.29, 1.82) is 0 Å². The lowest BCUT2D eigenvalue weighted by atomic mass is 10.2. The van der Waals surface area contributed by atoms with Crippen LogP contribution in [0.5, 0.6) is 0 Å². The van der Waals surface area contributed by atoms with E-state index in [2.05, 4.69) is 5.32 Å². The van der Waals surface area contributed by atoms with E-state index >= 15 is 0 Å². The number of anilines is 2. The van der Waals surface area contributed by atoms with Crippen molar-refractivity contribution in [2.45, 2.75) is 19.0 Å². The number of carbonyl (C=O) groups is 2. The highest BCUT2D eigenvalue weighted by Crippen LogP contribution is 2.29. The summed E-state index contributed by atoms with van der Waals surface area (Å²) >= 11 is 5.99. The molecular weight excluding hydrogens is 335 g/mol. The van der Waals surface area contributed by atoms with Crippen LogP contribution in [0.3, 0.4) is 0 Å². The number of nitrogens with one attached hydrogen (secondary N) is 2. The fourth-order valence-electron chi connectivity index (χ4n) is 2.17. The summed E-state index contributed by atoms with van der Waals surface area (Å²) in [4.78, 5) is 24.7. The first kappa shape index (κ1) is 17.4. The lowest BCUT2D eigenvalue weighted by Gasteiger charge is -2.18. The Kier molecular flexibility index (Phi) is 5.35. The highest BCUT2D eigenvalue weighted by Gasteiger charge is 2.27. The van der Waals surface area contributed by atoms with Crippen LogP contribution in [0.25, 0.3) is 0 Å². The summed E-state index contributed by atoms with van der Waals surface area (Å²) in [7, 11) is 0. The molecule has 1 aromatic carbocycles. The molecule has 126 valence electrons. The average Bonchev–Trinajstić information content (AvgIpc) is 2.90. The Labute approximate surface area is 135 Å². The average molecular weight is 350 g/mol. The number of rotatable bonds is 5. The Bertz CT molecular complexity index is 607. The number of benzene rings is 1. The minimum absolute atomic E-state index is 0.00110. The molecule has 1 saturated heterocycles. The normalized spacial score (nSPS) is 15.0. The van der Waals surface area contributed by atoms with Gasteiger partial charge in [0.05, 0.1) is 17.3 Å². The molecule has 1 aliphatic rings. The first-order valence-electron chi connectivity index (χ1n) is 6.93. The van der Waals surface area contributed by atoms with Crippen LogP contribution in [0.1, 0.15) is 12.8 Å². The van der Waals surface area contributed by atoms with Gasteiger partial charge in [-0.05, 0) is 24.6 Å². The largest absolute Gasteiger partial charge is 0.405 e. The molecule has 0 aliphatic carbocycles. The van der Waals surface area contributed by atoms with Crippen molar-refractivity contribution >= 4 is 34.8 Å². The fourth-order valence-corrected chi connectivity index (χ4v) is 2.36. The van der Waals surface area contributed by atoms with Crippen molar-refractivity contribution in [1.82, 2.24) is 5.32 Å². The number of halogens is 4. The molecule has 0 atom stereocenters. The third kappa shape index (κ3) is 5.02. The molecule has 0 aromatic heterocycles.